The third kappa shape index (κ3) is 4.03. The number of thiophene rings is 1. The average molecular weight is 342 g/mol. The average Bonchev–Trinajstić information content (AvgIpc) is 2.74. The lowest BCUT2D eigenvalue weighted by molar-refractivity contribution is -0.0981. The van der Waals surface area contributed by atoms with Gasteiger partial charge in [0.05, 0.1) is 19.3 Å². The van der Waals surface area contributed by atoms with Crippen molar-refractivity contribution in [3.8, 4) is 0 Å². The van der Waals surface area contributed by atoms with Crippen LogP contribution < -0.4 is 9.28 Å². The fourth-order valence-electron chi connectivity index (χ4n) is 1.67. The maximum atomic E-state index is 10.4. The summed E-state index contributed by atoms with van der Waals surface area (Å²) in [6.45, 7) is 18.5. The van der Waals surface area contributed by atoms with Gasteiger partial charge in [-0.25, -0.2) is 0 Å². The quantitative estimate of drug-likeness (QED) is 0.809. The van der Waals surface area contributed by atoms with E-state index < -0.39 is 26.4 Å². The molecule has 2 N–H and O–H groups in total. The van der Waals surface area contributed by atoms with Gasteiger partial charge in [-0.05, 0) is 37.2 Å². The minimum atomic E-state index is -1.60. The Morgan fingerprint density at radius 3 is 1.95 bits per heavy atom. The normalized spacial score (nSPS) is 14.3. The molecule has 6 heteroatoms. The first-order valence-electron chi connectivity index (χ1n) is 7.78. The first-order valence-corrected chi connectivity index (χ1v) is 11.6. The number of aliphatic hydroxyl groups is 1. The molecule has 0 saturated carbocycles. The van der Waals surface area contributed by atoms with Crippen molar-refractivity contribution < 1.29 is 14.8 Å². The second-order valence-electron chi connectivity index (χ2n) is 8.62. The van der Waals surface area contributed by atoms with E-state index in [4.69, 9.17) is 4.65 Å². The molecule has 0 aliphatic carbocycles. The maximum Gasteiger partial charge on any atom is 0.502 e. The zero-order valence-corrected chi connectivity index (χ0v) is 17.3. The van der Waals surface area contributed by atoms with Crippen LogP contribution in [0.4, 0.5) is 0 Å². The molecule has 1 rings (SSSR count). The maximum absolute atomic E-state index is 10.4. The van der Waals surface area contributed by atoms with Gasteiger partial charge in [-0.2, -0.15) is 11.3 Å². The zero-order chi connectivity index (χ0) is 17.6. The van der Waals surface area contributed by atoms with Crippen molar-refractivity contribution >= 4 is 35.8 Å². The summed E-state index contributed by atoms with van der Waals surface area (Å²) in [5, 5.41) is 20.8. The van der Waals surface area contributed by atoms with Crippen molar-refractivity contribution in [2.75, 3.05) is 0 Å². The van der Waals surface area contributed by atoms with Crippen molar-refractivity contribution in [2.24, 2.45) is 0 Å². The molecule has 0 atom stereocenters. The van der Waals surface area contributed by atoms with Gasteiger partial charge >= 0.3 is 7.12 Å². The molecule has 0 aromatic carbocycles. The van der Waals surface area contributed by atoms with Crippen molar-refractivity contribution in [1.82, 2.24) is 0 Å². The van der Waals surface area contributed by atoms with Crippen LogP contribution in [0, 0.1) is 0 Å². The van der Waals surface area contributed by atoms with E-state index in [2.05, 4.69) is 39.9 Å². The first-order chi connectivity index (χ1) is 9.59. The summed E-state index contributed by atoms with van der Waals surface area (Å²) in [5.74, 6) is 0. The summed E-state index contributed by atoms with van der Waals surface area (Å²) >= 11 is 1.63. The predicted octanol–water partition coefficient (Wildman–Crippen LogP) is 2.72. The molecule has 0 amide bonds. The van der Waals surface area contributed by atoms with Crippen LogP contribution in [0.1, 0.15) is 48.5 Å². The second-order valence-corrected chi connectivity index (χ2v) is 15.4. The van der Waals surface area contributed by atoms with E-state index in [1.165, 1.54) is 4.50 Å². The van der Waals surface area contributed by atoms with Gasteiger partial charge in [0.1, 0.15) is 0 Å². The molecule has 0 bridgehead atoms. The second kappa shape index (κ2) is 6.06. The number of rotatable bonds is 5. The molecule has 0 unspecified atom stereocenters. The minimum absolute atomic E-state index is 0.257. The molecule has 0 fully saturated rings. The Hall–Kier alpha value is -0.138. The molecule has 0 spiro atoms. The third-order valence-electron chi connectivity index (χ3n) is 5.24. The van der Waals surface area contributed by atoms with E-state index in [0.29, 0.717) is 0 Å². The third-order valence-corrected chi connectivity index (χ3v) is 13.2. The first kappa shape index (κ1) is 19.9. The Morgan fingerprint density at radius 2 is 1.55 bits per heavy atom. The van der Waals surface area contributed by atoms with Gasteiger partial charge in [0.25, 0.3) is 0 Å². The molecule has 0 aliphatic heterocycles. The van der Waals surface area contributed by atoms with Crippen molar-refractivity contribution in [3.05, 3.63) is 12.1 Å². The van der Waals surface area contributed by atoms with Gasteiger partial charge in [0.2, 0.25) is 0 Å². The fourth-order valence-corrected chi connectivity index (χ4v) is 5.88. The van der Waals surface area contributed by atoms with Gasteiger partial charge in [0, 0.05) is 4.78 Å². The monoisotopic (exact) mass is 342 g/mol. The number of hydrogen-bond acceptors (Lipinski definition) is 4. The van der Waals surface area contributed by atoms with E-state index in [0.717, 1.165) is 4.78 Å². The largest absolute Gasteiger partial charge is 0.502 e. The molecule has 1 aromatic heterocycles. The lowest BCUT2D eigenvalue weighted by Crippen LogP contribution is -2.53. The van der Waals surface area contributed by atoms with Gasteiger partial charge < -0.3 is 14.8 Å². The van der Waals surface area contributed by atoms with Crippen LogP contribution in [0.5, 0.6) is 0 Å². The Kier molecular flexibility index (Phi) is 5.48. The molecular formula is C16H31BO3SSi. The van der Waals surface area contributed by atoms with E-state index in [9.17, 15) is 10.1 Å². The van der Waals surface area contributed by atoms with Crippen molar-refractivity contribution in [2.45, 2.75) is 77.8 Å². The summed E-state index contributed by atoms with van der Waals surface area (Å²) in [5.41, 5.74) is -1.87. The van der Waals surface area contributed by atoms with Crippen LogP contribution >= 0.6 is 11.3 Å². The Labute approximate surface area is 140 Å². The van der Waals surface area contributed by atoms with Crippen LogP contribution in [0.2, 0.25) is 18.1 Å². The summed E-state index contributed by atoms with van der Waals surface area (Å²) in [6, 6.07) is 4.08. The van der Waals surface area contributed by atoms with Gasteiger partial charge in [0.15, 0.2) is 0 Å². The summed E-state index contributed by atoms with van der Waals surface area (Å²) in [6.07, 6.45) is 0. The van der Waals surface area contributed by atoms with Crippen molar-refractivity contribution in [1.29, 1.82) is 0 Å². The highest BCUT2D eigenvalue weighted by Crippen LogP contribution is 2.36. The van der Waals surface area contributed by atoms with Crippen LogP contribution in [0.15, 0.2) is 12.1 Å². The van der Waals surface area contributed by atoms with E-state index in [-0.39, 0.29) is 5.04 Å². The van der Waals surface area contributed by atoms with Crippen molar-refractivity contribution in [3.63, 3.8) is 0 Å². The van der Waals surface area contributed by atoms with Crippen LogP contribution in [-0.2, 0) is 4.65 Å². The molecule has 3 nitrogen and oxygen atoms in total. The van der Waals surface area contributed by atoms with Gasteiger partial charge in [-0.1, -0.05) is 46.0 Å². The van der Waals surface area contributed by atoms with Gasteiger partial charge in [-0.15, -0.1) is 0 Å². The molecule has 22 heavy (non-hydrogen) atoms. The standard InChI is InChI=1S/C16H31BO3SSi/c1-14(2,3)22(8,9)13-11-10-12(21-13)17(19)20-16(6,7)15(4,5)18/h10-11,18-19H,1-9H3. The summed E-state index contributed by atoms with van der Waals surface area (Å²) in [4.78, 5) is 0. The Morgan fingerprint density at radius 1 is 1.05 bits per heavy atom. The van der Waals surface area contributed by atoms with E-state index >= 15 is 0 Å². The predicted molar refractivity (Wildman–Crippen MR) is 100 cm³/mol. The summed E-state index contributed by atoms with van der Waals surface area (Å²) in [7, 11) is -2.61. The highest BCUT2D eigenvalue weighted by molar-refractivity contribution is 7.33. The molecule has 0 aliphatic rings. The topological polar surface area (TPSA) is 49.7 Å². The van der Waals surface area contributed by atoms with E-state index in [1.807, 2.05) is 6.07 Å². The number of hydrogen-bond donors (Lipinski definition) is 2. The van der Waals surface area contributed by atoms with Crippen LogP contribution in [-0.4, -0.2) is 36.5 Å². The smallest absolute Gasteiger partial charge is 0.423 e. The van der Waals surface area contributed by atoms with Gasteiger partial charge in [-0.3, -0.25) is 0 Å². The minimum Gasteiger partial charge on any atom is -0.423 e. The van der Waals surface area contributed by atoms with Crippen LogP contribution in [0.3, 0.4) is 0 Å². The highest BCUT2D eigenvalue weighted by Gasteiger charge is 2.41. The zero-order valence-electron chi connectivity index (χ0n) is 15.4. The Bertz CT molecular complexity index is 512. The molecule has 1 aromatic rings. The molecular weight excluding hydrogens is 311 g/mol. The molecule has 1 heterocycles. The molecule has 0 radical (unpaired) electrons. The SMILES string of the molecule is CC(C)(O)C(C)(C)OB(O)c1ccc([Si](C)(C)C(C)(C)C)s1. The molecule has 126 valence electrons. The Balaban J connectivity index is 2.98. The summed E-state index contributed by atoms with van der Waals surface area (Å²) < 4.78 is 7.89. The lowest BCUT2D eigenvalue weighted by atomic mass is 9.82. The van der Waals surface area contributed by atoms with Crippen LogP contribution in [0.25, 0.3) is 0 Å². The lowest BCUT2D eigenvalue weighted by Gasteiger charge is -2.38. The van der Waals surface area contributed by atoms with E-state index in [1.54, 1.807) is 39.0 Å². The highest BCUT2D eigenvalue weighted by atomic mass is 32.1. The molecule has 0 saturated heterocycles. The fraction of sp³-hybridized carbons (Fsp3) is 0.750.